The number of rotatable bonds is 7. The molecule has 0 rings (SSSR count). The zero-order chi connectivity index (χ0) is 11.9. The van der Waals surface area contributed by atoms with Crippen molar-refractivity contribution in [3.63, 3.8) is 0 Å². The van der Waals surface area contributed by atoms with Crippen molar-refractivity contribution in [1.29, 1.82) is 0 Å². The van der Waals surface area contributed by atoms with Crippen LogP contribution in [0.15, 0.2) is 12.2 Å². The van der Waals surface area contributed by atoms with Crippen LogP contribution in [0.4, 0.5) is 0 Å². The molecule has 3 N–H and O–H groups in total. The van der Waals surface area contributed by atoms with Gasteiger partial charge in [0.15, 0.2) is 0 Å². The predicted molar refractivity (Wildman–Crippen MR) is 59.7 cm³/mol. The Morgan fingerprint density at radius 3 is 1.73 bits per heavy atom. The van der Waals surface area contributed by atoms with Gasteiger partial charge < -0.3 is 15.3 Å². The number of carboxylic acids is 1. The summed E-state index contributed by atoms with van der Waals surface area (Å²) in [5.74, 6) is -0.873. The summed E-state index contributed by atoms with van der Waals surface area (Å²) in [4.78, 5) is 9.67. The molecule has 0 aromatic rings. The molecule has 15 heavy (non-hydrogen) atoms. The van der Waals surface area contributed by atoms with E-state index in [1.165, 1.54) is 0 Å². The van der Waals surface area contributed by atoms with Gasteiger partial charge in [0.25, 0.3) is 0 Å². The summed E-state index contributed by atoms with van der Waals surface area (Å²) in [7, 11) is 0. The topological polar surface area (TPSA) is 77.8 Å². The third-order valence-corrected chi connectivity index (χ3v) is 1.56. The largest absolute Gasteiger partial charge is 0.478 e. The Balaban J connectivity index is 0. The van der Waals surface area contributed by atoms with E-state index in [0.717, 1.165) is 38.2 Å². The van der Waals surface area contributed by atoms with E-state index in [1.54, 1.807) is 6.08 Å². The minimum absolute atomic E-state index is 0.283. The van der Waals surface area contributed by atoms with Gasteiger partial charge in [-0.05, 0) is 19.3 Å². The number of hydrogen-bond donors (Lipinski definition) is 3. The summed E-state index contributed by atoms with van der Waals surface area (Å²) in [6.07, 6.45) is 7.35. The average molecular weight is 218 g/mol. The number of carboxylic acid groups (broad SMARTS) is 1. The molecule has 0 aromatic heterocycles. The van der Waals surface area contributed by atoms with Crippen molar-refractivity contribution in [2.75, 3.05) is 13.2 Å². The monoisotopic (exact) mass is 218 g/mol. The lowest BCUT2D eigenvalue weighted by atomic mass is 10.2. The normalized spacial score (nSPS) is 9.80. The van der Waals surface area contributed by atoms with Gasteiger partial charge in [0, 0.05) is 19.3 Å². The van der Waals surface area contributed by atoms with Crippen molar-refractivity contribution in [3.8, 4) is 0 Å². The molecule has 0 aliphatic rings. The maximum atomic E-state index is 9.67. The van der Waals surface area contributed by atoms with Crippen molar-refractivity contribution in [2.24, 2.45) is 0 Å². The fourth-order valence-corrected chi connectivity index (χ4v) is 0.796. The number of unbranched alkanes of at least 4 members (excludes halogenated alkanes) is 3. The molecule has 4 heteroatoms. The third-order valence-electron chi connectivity index (χ3n) is 1.56. The Morgan fingerprint density at radius 2 is 1.53 bits per heavy atom. The number of carbonyl (C=O) groups is 1. The van der Waals surface area contributed by atoms with Crippen LogP contribution < -0.4 is 0 Å². The molecule has 0 spiro atoms. The maximum Gasteiger partial charge on any atom is 0.327 e. The highest BCUT2D eigenvalue weighted by Crippen LogP contribution is 1.96. The van der Waals surface area contributed by atoms with E-state index < -0.39 is 5.97 Å². The zero-order valence-corrected chi connectivity index (χ0v) is 9.35. The Bertz CT molecular complexity index is 149. The minimum atomic E-state index is -0.873. The summed E-state index contributed by atoms with van der Waals surface area (Å²) in [6.45, 7) is 2.45. The van der Waals surface area contributed by atoms with Crippen LogP contribution >= 0.6 is 0 Å². The third kappa shape index (κ3) is 24.6. The van der Waals surface area contributed by atoms with Crippen molar-refractivity contribution < 1.29 is 20.1 Å². The fraction of sp³-hybridized carbons (Fsp3) is 0.727. The molecule has 0 heterocycles. The average Bonchev–Trinajstić information content (AvgIpc) is 2.22. The van der Waals surface area contributed by atoms with Crippen molar-refractivity contribution in [3.05, 3.63) is 12.2 Å². The summed E-state index contributed by atoms with van der Waals surface area (Å²) < 4.78 is 0. The predicted octanol–water partition coefficient (Wildman–Crippen LogP) is 1.57. The lowest BCUT2D eigenvalue weighted by Gasteiger charge is -1.93. The molecule has 4 nitrogen and oxygen atoms in total. The van der Waals surface area contributed by atoms with E-state index in [9.17, 15) is 4.79 Å². The van der Waals surface area contributed by atoms with Crippen LogP contribution in [0.25, 0.3) is 0 Å². The molecular weight excluding hydrogens is 196 g/mol. The lowest BCUT2D eigenvalue weighted by molar-refractivity contribution is -0.131. The molecule has 0 aliphatic heterocycles. The van der Waals surface area contributed by atoms with Gasteiger partial charge in [0.2, 0.25) is 0 Å². The van der Waals surface area contributed by atoms with Crippen LogP contribution in [0.2, 0.25) is 0 Å². The zero-order valence-electron chi connectivity index (χ0n) is 9.35. The fourth-order valence-electron chi connectivity index (χ4n) is 0.796. The second-order valence-corrected chi connectivity index (χ2v) is 3.01. The van der Waals surface area contributed by atoms with E-state index in [2.05, 4.69) is 0 Å². The highest BCUT2D eigenvalue weighted by molar-refractivity contribution is 5.79. The molecular formula is C11H22O4. The van der Waals surface area contributed by atoms with Crippen LogP contribution in [-0.4, -0.2) is 34.5 Å². The quantitative estimate of drug-likeness (QED) is 0.447. The first-order chi connectivity index (χ1) is 7.18. The molecule has 0 aromatic carbocycles. The summed E-state index contributed by atoms with van der Waals surface area (Å²) in [5, 5.41) is 24.6. The highest BCUT2D eigenvalue weighted by Gasteiger charge is 1.84. The molecule has 0 unspecified atom stereocenters. The number of hydrogen-bond acceptors (Lipinski definition) is 3. The second kappa shape index (κ2) is 15.6. The molecule has 0 saturated heterocycles. The minimum Gasteiger partial charge on any atom is -0.478 e. The van der Waals surface area contributed by atoms with E-state index in [1.807, 2.05) is 6.92 Å². The van der Waals surface area contributed by atoms with Gasteiger partial charge in [-0.25, -0.2) is 4.79 Å². The molecule has 0 saturated carbocycles. The number of allylic oxidation sites excluding steroid dienone is 1. The SMILES string of the molecule is CCC=CC(=O)O.OCCCCCCO. The number of aliphatic hydroxyl groups is 2. The van der Waals surface area contributed by atoms with Crippen LogP contribution in [0, 0.1) is 0 Å². The Hall–Kier alpha value is -0.870. The first kappa shape index (κ1) is 16.6. The van der Waals surface area contributed by atoms with Gasteiger partial charge in [0.05, 0.1) is 0 Å². The first-order valence-electron chi connectivity index (χ1n) is 5.30. The Kier molecular flexibility index (Phi) is 17.2. The van der Waals surface area contributed by atoms with Gasteiger partial charge in [-0.1, -0.05) is 25.8 Å². The van der Waals surface area contributed by atoms with E-state index >= 15 is 0 Å². The number of aliphatic hydroxyl groups excluding tert-OH is 2. The first-order valence-corrected chi connectivity index (χ1v) is 5.30. The van der Waals surface area contributed by atoms with Crippen molar-refractivity contribution >= 4 is 5.97 Å². The van der Waals surface area contributed by atoms with Crippen LogP contribution in [-0.2, 0) is 4.79 Å². The van der Waals surface area contributed by atoms with Gasteiger partial charge >= 0.3 is 5.97 Å². The maximum absolute atomic E-state index is 9.67. The van der Waals surface area contributed by atoms with E-state index in [-0.39, 0.29) is 13.2 Å². The molecule has 0 atom stereocenters. The number of aliphatic carboxylic acids is 1. The highest BCUT2D eigenvalue weighted by atomic mass is 16.4. The molecule has 0 aliphatic carbocycles. The standard InChI is InChI=1S/C6H14O2.C5H8O2/c7-5-3-1-2-4-6-8;1-2-3-4-5(6)7/h7-8H,1-6H2;3-4H,2H2,1H3,(H,6,7). The Labute approximate surface area is 91.2 Å². The van der Waals surface area contributed by atoms with E-state index in [4.69, 9.17) is 15.3 Å². The van der Waals surface area contributed by atoms with Gasteiger partial charge in [-0.3, -0.25) is 0 Å². The molecule has 0 radical (unpaired) electrons. The summed E-state index contributed by atoms with van der Waals surface area (Å²) >= 11 is 0. The van der Waals surface area contributed by atoms with Crippen molar-refractivity contribution in [1.82, 2.24) is 0 Å². The van der Waals surface area contributed by atoms with Gasteiger partial charge in [-0.2, -0.15) is 0 Å². The Morgan fingerprint density at radius 1 is 1.07 bits per heavy atom. The second-order valence-electron chi connectivity index (χ2n) is 3.01. The van der Waals surface area contributed by atoms with Crippen LogP contribution in [0.1, 0.15) is 39.0 Å². The van der Waals surface area contributed by atoms with Crippen molar-refractivity contribution in [2.45, 2.75) is 39.0 Å². The van der Waals surface area contributed by atoms with Crippen LogP contribution in [0.5, 0.6) is 0 Å². The van der Waals surface area contributed by atoms with Gasteiger partial charge in [0.1, 0.15) is 0 Å². The van der Waals surface area contributed by atoms with Crippen LogP contribution in [0.3, 0.4) is 0 Å². The molecule has 0 amide bonds. The lowest BCUT2D eigenvalue weighted by Crippen LogP contribution is -1.85. The summed E-state index contributed by atoms with van der Waals surface area (Å²) in [5.41, 5.74) is 0. The molecule has 0 fully saturated rings. The molecule has 90 valence electrons. The molecule has 0 bridgehead atoms. The van der Waals surface area contributed by atoms with E-state index in [0.29, 0.717) is 0 Å². The smallest absolute Gasteiger partial charge is 0.327 e. The summed E-state index contributed by atoms with van der Waals surface area (Å²) in [6, 6.07) is 0. The van der Waals surface area contributed by atoms with Gasteiger partial charge in [-0.15, -0.1) is 0 Å².